The minimum absolute atomic E-state index is 0.0942. The summed E-state index contributed by atoms with van der Waals surface area (Å²) in [7, 11) is 0. The summed E-state index contributed by atoms with van der Waals surface area (Å²) >= 11 is 0. The average Bonchev–Trinajstić information content (AvgIpc) is 3.45. The minimum atomic E-state index is -0.803. The summed E-state index contributed by atoms with van der Waals surface area (Å²) < 4.78 is 16.9. The molecule has 0 spiro atoms. The van der Waals surface area contributed by atoms with Crippen molar-refractivity contribution >= 4 is 17.9 Å². The average molecular weight is 1100 g/mol. The lowest BCUT2D eigenvalue weighted by Gasteiger charge is -2.18. The monoisotopic (exact) mass is 1100 g/mol. The Bertz CT molecular complexity index is 1450. The molecule has 0 amide bonds. The molecule has 0 aromatic rings. The summed E-state index contributed by atoms with van der Waals surface area (Å²) in [6, 6.07) is 0. The molecule has 0 aliphatic heterocycles. The van der Waals surface area contributed by atoms with Crippen molar-refractivity contribution < 1.29 is 28.6 Å². The number of carbonyl (C=O) groups excluding carboxylic acids is 3. The first-order chi connectivity index (χ1) is 39.0. The highest BCUT2D eigenvalue weighted by atomic mass is 16.6. The van der Waals surface area contributed by atoms with E-state index in [1.165, 1.54) is 205 Å². The number of hydrogen-bond donors (Lipinski definition) is 0. The molecular formula is C73H130O6. The maximum Gasteiger partial charge on any atom is 0.306 e. The molecular weight excluding hydrogens is 973 g/mol. The molecule has 0 bridgehead atoms. The van der Waals surface area contributed by atoms with Crippen molar-refractivity contribution in [2.75, 3.05) is 13.2 Å². The van der Waals surface area contributed by atoms with E-state index < -0.39 is 6.10 Å². The van der Waals surface area contributed by atoms with Gasteiger partial charge in [-0.2, -0.15) is 0 Å². The SMILES string of the molecule is CC/C=C\C/C=C\C/C=C\C/C=C\CCCCC(=O)OC(COC(=O)CCCCCCC/C=C\C/C=C\CCCC)COC(=O)CCCCCCCCCCCCCCCCCCCCCCCCCCCCCCCCCC. The van der Waals surface area contributed by atoms with Gasteiger partial charge in [0.15, 0.2) is 6.10 Å². The normalized spacial score (nSPS) is 12.5. The Morgan fingerprint density at radius 2 is 0.506 bits per heavy atom. The van der Waals surface area contributed by atoms with Crippen molar-refractivity contribution in [3.05, 3.63) is 72.9 Å². The van der Waals surface area contributed by atoms with Gasteiger partial charge in [0, 0.05) is 19.3 Å². The maximum absolute atomic E-state index is 12.9. The second-order valence-corrected chi connectivity index (χ2v) is 23.1. The molecule has 1 atom stereocenters. The van der Waals surface area contributed by atoms with Crippen molar-refractivity contribution in [1.29, 1.82) is 0 Å². The Kier molecular flexibility index (Phi) is 64.7. The van der Waals surface area contributed by atoms with Crippen molar-refractivity contribution in [2.45, 2.75) is 361 Å². The van der Waals surface area contributed by atoms with Gasteiger partial charge >= 0.3 is 17.9 Å². The van der Waals surface area contributed by atoms with Gasteiger partial charge in [0.05, 0.1) is 0 Å². The van der Waals surface area contributed by atoms with Gasteiger partial charge in [-0.3, -0.25) is 14.4 Å². The minimum Gasteiger partial charge on any atom is -0.462 e. The highest BCUT2D eigenvalue weighted by molar-refractivity contribution is 5.71. The molecule has 0 saturated heterocycles. The summed E-state index contributed by atoms with van der Waals surface area (Å²) in [6.07, 6.45) is 88.1. The zero-order valence-electron chi connectivity index (χ0n) is 52.6. The molecule has 6 nitrogen and oxygen atoms in total. The second kappa shape index (κ2) is 67.4. The van der Waals surface area contributed by atoms with Crippen LogP contribution in [-0.4, -0.2) is 37.2 Å². The first-order valence-electron chi connectivity index (χ1n) is 34.4. The molecule has 0 aliphatic rings. The van der Waals surface area contributed by atoms with Crippen LogP contribution in [0.3, 0.4) is 0 Å². The number of rotatable bonds is 63. The molecule has 458 valence electrons. The highest BCUT2D eigenvalue weighted by Gasteiger charge is 2.19. The van der Waals surface area contributed by atoms with Crippen molar-refractivity contribution in [3.63, 3.8) is 0 Å². The van der Waals surface area contributed by atoms with Gasteiger partial charge < -0.3 is 14.2 Å². The van der Waals surface area contributed by atoms with Crippen LogP contribution >= 0.6 is 0 Å². The van der Waals surface area contributed by atoms with Crippen LogP contribution in [0.4, 0.5) is 0 Å². The predicted octanol–water partition coefficient (Wildman–Crippen LogP) is 23.7. The smallest absolute Gasteiger partial charge is 0.306 e. The van der Waals surface area contributed by atoms with E-state index in [2.05, 4.69) is 93.7 Å². The molecule has 0 aromatic carbocycles. The first kappa shape index (κ1) is 75.8. The summed E-state index contributed by atoms with van der Waals surface area (Å²) in [5.41, 5.74) is 0. The van der Waals surface area contributed by atoms with Crippen LogP contribution < -0.4 is 0 Å². The van der Waals surface area contributed by atoms with E-state index in [4.69, 9.17) is 14.2 Å². The first-order valence-corrected chi connectivity index (χ1v) is 34.4. The van der Waals surface area contributed by atoms with Gasteiger partial charge in [0.2, 0.25) is 0 Å². The molecule has 1 unspecified atom stereocenters. The van der Waals surface area contributed by atoms with Gasteiger partial charge in [-0.25, -0.2) is 0 Å². The fourth-order valence-corrected chi connectivity index (χ4v) is 10.0. The van der Waals surface area contributed by atoms with Crippen LogP contribution in [0.5, 0.6) is 0 Å². The number of ether oxygens (including phenoxy) is 3. The Morgan fingerprint density at radius 3 is 0.835 bits per heavy atom. The zero-order chi connectivity index (χ0) is 57.1. The third-order valence-electron chi connectivity index (χ3n) is 15.2. The van der Waals surface area contributed by atoms with E-state index in [-0.39, 0.29) is 37.5 Å². The van der Waals surface area contributed by atoms with E-state index in [1.807, 2.05) is 0 Å². The van der Waals surface area contributed by atoms with E-state index in [0.717, 1.165) is 103 Å². The van der Waals surface area contributed by atoms with Gasteiger partial charge in [0.1, 0.15) is 13.2 Å². The van der Waals surface area contributed by atoms with Crippen molar-refractivity contribution in [2.24, 2.45) is 0 Å². The molecule has 79 heavy (non-hydrogen) atoms. The lowest BCUT2D eigenvalue weighted by molar-refractivity contribution is -0.167. The molecule has 0 aromatic heterocycles. The lowest BCUT2D eigenvalue weighted by Crippen LogP contribution is -2.30. The summed E-state index contributed by atoms with van der Waals surface area (Å²) in [5.74, 6) is -0.936. The van der Waals surface area contributed by atoms with Crippen LogP contribution in [-0.2, 0) is 28.6 Å². The van der Waals surface area contributed by atoms with Gasteiger partial charge in [-0.1, -0.05) is 325 Å². The third-order valence-corrected chi connectivity index (χ3v) is 15.2. The molecule has 0 saturated carbocycles. The predicted molar refractivity (Wildman–Crippen MR) is 344 cm³/mol. The molecule has 0 rings (SSSR count). The number of allylic oxidation sites excluding steroid dienone is 12. The fraction of sp³-hybridized carbons (Fsp3) is 0.795. The van der Waals surface area contributed by atoms with Gasteiger partial charge in [0.25, 0.3) is 0 Å². The number of esters is 3. The second-order valence-electron chi connectivity index (χ2n) is 23.1. The number of unbranched alkanes of at least 4 members (excludes halogenated alkanes) is 40. The third kappa shape index (κ3) is 65.5. The lowest BCUT2D eigenvalue weighted by atomic mass is 10.0. The quantitative estimate of drug-likeness (QED) is 0.0261. The van der Waals surface area contributed by atoms with E-state index in [9.17, 15) is 14.4 Å². The van der Waals surface area contributed by atoms with Crippen LogP contribution in [0.25, 0.3) is 0 Å². The molecule has 0 aliphatic carbocycles. The standard InChI is InChI=1S/C73H130O6/c1-4-7-10-13-16-19-22-25-28-29-30-31-32-33-34-35-36-37-38-39-40-41-42-43-44-46-48-51-54-57-60-63-66-72(75)78-69-70(68-77-71(74)65-62-59-56-53-50-47-27-24-21-18-15-12-9-6-3)79-73(76)67-64-61-58-55-52-49-45-26-23-20-17-14-11-8-5-2/h8,11,15,17-18,20,24,26-27,45,52,55,70H,4-7,9-10,12-14,16,19,21-23,25,28-44,46-51,53-54,56-69H2,1-3H3/b11-8-,18-15-,20-17-,27-24-,45-26-,55-52-. The van der Waals surface area contributed by atoms with Crippen LogP contribution in [0.1, 0.15) is 355 Å². The van der Waals surface area contributed by atoms with Crippen LogP contribution in [0.15, 0.2) is 72.9 Å². The topological polar surface area (TPSA) is 78.9 Å². The maximum atomic E-state index is 12.9. The van der Waals surface area contributed by atoms with Crippen molar-refractivity contribution in [1.82, 2.24) is 0 Å². The molecule has 0 N–H and O–H groups in total. The Balaban J connectivity index is 4.15. The summed E-state index contributed by atoms with van der Waals surface area (Å²) in [5, 5.41) is 0. The zero-order valence-corrected chi connectivity index (χ0v) is 52.6. The Hall–Kier alpha value is -3.15. The van der Waals surface area contributed by atoms with Crippen molar-refractivity contribution in [3.8, 4) is 0 Å². The van der Waals surface area contributed by atoms with Gasteiger partial charge in [-0.05, 0) is 83.5 Å². The van der Waals surface area contributed by atoms with Gasteiger partial charge in [-0.15, -0.1) is 0 Å². The highest BCUT2D eigenvalue weighted by Crippen LogP contribution is 2.18. The van der Waals surface area contributed by atoms with E-state index in [1.54, 1.807) is 0 Å². The molecule has 0 radical (unpaired) electrons. The summed E-state index contributed by atoms with van der Waals surface area (Å²) in [4.78, 5) is 38.3. The van der Waals surface area contributed by atoms with Crippen LogP contribution in [0.2, 0.25) is 0 Å². The van der Waals surface area contributed by atoms with E-state index in [0.29, 0.717) is 19.3 Å². The number of carbonyl (C=O) groups is 3. The number of hydrogen-bond acceptors (Lipinski definition) is 6. The molecule has 0 fully saturated rings. The van der Waals surface area contributed by atoms with Crippen LogP contribution in [0, 0.1) is 0 Å². The largest absolute Gasteiger partial charge is 0.462 e. The fourth-order valence-electron chi connectivity index (χ4n) is 10.0. The Labute approximate surface area is 491 Å². The summed E-state index contributed by atoms with van der Waals surface area (Å²) in [6.45, 7) is 6.48. The Morgan fingerprint density at radius 1 is 0.266 bits per heavy atom. The molecule has 0 heterocycles. The van der Waals surface area contributed by atoms with E-state index >= 15 is 0 Å². The molecule has 6 heteroatoms.